The normalized spacial score (nSPS) is 21.0. The first-order chi connectivity index (χ1) is 9.97. The fraction of sp³-hybridized carbons (Fsp3) is 0.667. The van der Waals surface area contributed by atoms with Crippen molar-refractivity contribution < 1.29 is 4.39 Å². The topological polar surface area (TPSA) is 15.3 Å². The van der Waals surface area contributed by atoms with Crippen molar-refractivity contribution in [2.24, 2.45) is 11.3 Å². The Kier molecular flexibility index (Phi) is 5.63. The number of benzene rings is 1. The third kappa shape index (κ3) is 4.99. The molecule has 2 rings (SSSR count). The lowest BCUT2D eigenvalue weighted by molar-refractivity contribution is 0.209. The van der Waals surface area contributed by atoms with Crippen LogP contribution in [0, 0.1) is 17.2 Å². The lowest BCUT2D eigenvalue weighted by Gasteiger charge is -2.29. The number of rotatable bonds is 4. The van der Waals surface area contributed by atoms with Gasteiger partial charge in [-0.2, -0.15) is 0 Å². The average molecular weight is 292 g/mol. The van der Waals surface area contributed by atoms with E-state index >= 15 is 0 Å². The highest BCUT2D eigenvalue weighted by atomic mass is 19.1. The van der Waals surface area contributed by atoms with Crippen LogP contribution in [0.15, 0.2) is 24.3 Å². The summed E-state index contributed by atoms with van der Waals surface area (Å²) in [6.07, 6.45) is 3.89. The van der Waals surface area contributed by atoms with Crippen molar-refractivity contribution in [3.63, 3.8) is 0 Å². The summed E-state index contributed by atoms with van der Waals surface area (Å²) < 4.78 is 13.5. The molecule has 1 aromatic rings. The molecule has 1 atom stereocenters. The number of para-hydroxylation sites is 1. The minimum absolute atomic E-state index is 0.166. The van der Waals surface area contributed by atoms with Crippen LogP contribution in [0.1, 0.15) is 40.0 Å². The van der Waals surface area contributed by atoms with Gasteiger partial charge >= 0.3 is 0 Å². The minimum Gasteiger partial charge on any atom is -0.381 e. The molecule has 1 unspecified atom stereocenters. The van der Waals surface area contributed by atoms with Crippen molar-refractivity contribution in [1.29, 1.82) is 0 Å². The Balaban J connectivity index is 1.76. The first-order valence-electron chi connectivity index (χ1n) is 8.17. The summed E-state index contributed by atoms with van der Waals surface area (Å²) in [6.45, 7) is 11.2. The van der Waals surface area contributed by atoms with E-state index in [-0.39, 0.29) is 5.82 Å². The van der Waals surface area contributed by atoms with Gasteiger partial charge in [0.05, 0.1) is 5.69 Å². The monoisotopic (exact) mass is 292 g/mol. The van der Waals surface area contributed by atoms with E-state index < -0.39 is 0 Å². The van der Waals surface area contributed by atoms with Gasteiger partial charge in [-0.3, -0.25) is 0 Å². The summed E-state index contributed by atoms with van der Waals surface area (Å²) in [4.78, 5) is 2.51. The summed E-state index contributed by atoms with van der Waals surface area (Å²) in [5.41, 5.74) is 1.03. The second kappa shape index (κ2) is 7.26. The van der Waals surface area contributed by atoms with Crippen LogP contribution in [-0.4, -0.2) is 31.1 Å². The number of anilines is 1. The molecule has 1 aliphatic heterocycles. The van der Waals surface area contributed by atoms with Gasteiger partial charge in [0.2, 0.25) is 0 Å². The van der Waals surface area contributed by atoms with E-state index in [0.717, 1.165) is 19.0 Å². The predicted molar refractivity (Wildman–Crippen MR) is 88.1 cm³/mol. The molecule has 1 N–H and O–H groups in total. The van der Waals surface area contributed by atoms with Gasteiger partial charge in [0, 0.05) is 13.1 Å². The Morgan fingerprint density at radius 3 is 2.67 bits per heavy atom. The molecule has 0 amide bonds. The molecule has 0 radical (unpaired) electrons. The SMILES string of the molecule is CC(C)(C)C1CCCN(CCNc2ccccc2F)CC1. The fourth-order valence-corrected chi connectivity index (χ4v) is 3.20. The number of hydrogen-bond acceptors (Lipinski definition) is 2. The number of hydrogen-bond donors (Lipinski definition) is 1. The van der Waals surface area contributed by atoms with Crippen molar-refractivity contribution in [2.45, 2.75) is 40.0 Å². The highest BCUT2D eigenvalue weighted by Crippen LogP contribution is 2.34. The zero-order valence-corrected chi connectivity index (χ0v) is 13.7. The molecule has 1 saturated heterocycles. The molecule has 21 heavy (non-hydrogen) atoms. The fourth-order valence-electron chi connectivity index (χ4n) is 3.20. The molecule has 1 aromatic carbocycles. The van der Waals surface area contributed by atoms with Crippen molar-refractivity contribution in [3.05, 3.63) is 30.1 Å². The van der Waals surface area contributed by atoms with Gasteiger partial charge in [-0.25, -0.2) is 4.39 Å². The van der Waals surface area contributed by atoms with Crippen molar-refractivity contribution in [3.8, 4) is 0 Å². The van der Waals surface area contributed by atoms with Crippen molar-refractivity contribution in [1.82, 2.24) is 4.90 Å². The molecule has 1 heterocycles. The molecule has 0 aromatic heterocycles. The van der Waals surface area contributed by atoms with Gasteiger partial charge in [0.1, 0.15) is 5.82 Å². The Labute approximate surface area is 128 Å². The van der Waals surface area contributed by atoms with Gasteiger partial charge in [0.25, 0.3) is 0 Å². The summed E-state index contributed by atoms with van der Waals surface area (Å²) >= 11 is 0. The zero-order valence-electron chi connectivity index (χ0n) is 13.7. The molecular weight excluding hydrogens is 263 g/mol. The highest BCUT2D eigenvalue weighted by Gasteiger charge is 2.26. The smallest absolute Gasteiger partial charge is 0.146 e. The van der Waals surface area contributed by atoms with Gasteiger partial charge in [-0.1, -0.05) is 32.9 Å². The van der Waals surface area contributed by atoms with Gasteiger partial charge in [0.15, 0.2) is 0 Å². The first-order valence-corrected chi connectivity index (χ1v) is 8.17. The summed E-state index contributed by atoms with van der Waals surface area (Å²) in [6, 6.07) is 6.89. The molecule has 118 valence electrons. The molecule has 0 spiro atoms. The van der Waals surface area contributed by atoms with Crippen molar-refractivity contribution >= 4 is 5.69 Å². The summed E-state index contributed by atoms with van der Waals surface area (Å²) in [7, 11) is 0. The van der Waals surface area contributed by atoms with Crippen LogP contribution < -0.4 is 5.32 Å². The molecular formula is C18H29FN2. The second-order valence-electron chi connectivity index (χ2n) is 7.24. The lowest BCUT2D eigenvalue weighted by Crippen LogP contribution is -2.31. The van der Waals surface area contributed by atoms with Crippen LogP contribution in [0.25, 0.3) is 0 Å². The highest BCUT2D eigenvalue weighted by molar-refractivity contribution is 5.44. The summed E-state index contributed by atoms with van der Waals surface area (Å²) in [5, 5.41) is 3.21. The number of nitrogens with zero attached hydrogens (tertiary/aromatic N) is 1. The van der Waals surface area contributed by atoms with E-state index in [1.165, 1.54) is 38.4 Å². The number of likely N-dealkylation sites (tertiary alicyclic amines) is 1. The number of halogens is 1. The molecule has 1 aliphatic rings. The summed E-state index contributed by atoms with van der Waals surface area (Å²) in [5.74, 6) is 0.656. The van der Waals surface area contributed by atoms with E-state index in [4.69, 9.17) is 0 Å². The Morgan fingerprint density at radius 1 is 1.19 bits per heavy atom. The van der Waals surface area contributed by atoms with E-state index in [9.17, 15) is 4.39 Å². The average Bonchev–Trinajstić information content (AvgIpc) is 2.66. The van der Waals surface area contributed by atoms with Gasteiger partial charge < -0.3 is 10.2 Å². The van der Waals surface area contributed by atoms with Crippen LogP contribution in [-0.2, 0) is 0 Å². The zero-order chi connectivity index (χ0) is 15.3. The largest absolute Gasteiger partial charge is 0.381 e. The Morgan fingerprint density at radius 2 is 1.95 bits per heavy atom. The van der Waals surface area contributed by atoms with Crippen LogP contribution >= 0.6 is 0 Å². The quantitative estimate of drug-likeness (QED) is 0.885. The predicted octanol–water partition coefficient (Wildman–Crippen LogP) is 4.39. The number of nitrogens with one attached hydrogen (secondary N) is 1. The van der Waals surface area contributed by atoms with E-state index in [1.54, 1.807) is 12.1 Å². The lowest BCUT2D eigenvalue weighted by atomic mass is 9.77. The molecule has 3 heteroatoms. The van der Waals surface area contributed by atoms with Crippen LogP contribution in [0.5, 0.6) is 0 Å². The molecule has 0 bridgehead atoms. The second-order valence-corrected chi connectivity index (χ2v) is 7.24. The standard InChI is InChI=1S/C18H29FN2/c1-18(2,3)15-7-6-12-21(13-10-15)14-11-20-17-9-5-4-8-16(17)19/h4-5,8-9,15,20H,6-7,10-14H2,1-3H3. The third-order valence-electron chi connectivity index (χ3n) is 4.66. The first kappa shape index (κ1) is 16.3. The minimum atomic E-state index is -0.166. The maximum absolute atomic E-state index is 13.5. The van der Waals surface area contributed by atoms with E-state index in [1.807, 2.05) is 6.07 Å². The van der Waals surface area contributed by atoms with Crippen LogP contribution in [0.4, 0.5) is 10.1 Å². The maximum Gasteiger partial charge on any atom is 0.146 e. The Bertz CT molecular complexity index is 439. The van der Waals surface area contributed by atoms with Gasteiger partial charge in [-0.05, 0) is 55.8 Å². The molecule has 2 nitrogen and oxygen atoms in total. The molecule has 1 fully saturated rings. The Hall–Kier alpha value is -1.09. The van der Waals surface area contributed by atoms with Crippen LogP contribution in [0.3, 0.4) is 0 Å². The van der Waals surface area contributed by atoms with E-state index in [2.05, 4.69) is 31.0 Å². The van der Waals surface area contributed by atoms with Crippen molar-refractivity contribution in [2.75, 3.05) is 31.5 Å². The molecule has 0 aliphatic carbocycles. The van der Waals surface area contributed by atoms with Gasteiger partial charge in [-0.15, -0.1) is 0 Å². The third-order valence-corrected chi connectivity index (χ3v) is 4.66. The van der Waals surface area contributed by atoms with Crippen LogP contribution in [0.2, 0.25) is 0 Å². The molecule has 0 saturated carbocycles. The van der Waals surface area contributed by atoms with E-state index in [0.29, 0.717) is 11.1 Å². The maximum atomic E-state index is 13.5.